The van der Waals surface area contributed by atoms with Gasteiger partial charge in [-0.1, -0.05) is 63.9 Å². The fourth-order valence-corrected chi connectivity index (χ4v) is 2.99. The van der Waals surface area contributed by atoms with Crippen LogP contribution < -0.4 is 0 Å². The summed E-state index contributed by atoms with van der Waals surface area (Å²) in [5, 5.41) is 0.789. The van der Waals surface area contributed by atoms with Crippen LogP contribution in [0.3, 0.4) is 0 Å². The quantitative estimate of drug-likeness (QED) is 0.648. The molecule has 0 fully saturated rings. The maximum absolute atomic E-state index is 6.02. The van der Waals surface area contributed by atoms with E-state index >= 15 is 0 Å². The first kappa shape index (κ1) is 15.6. The first-order chi connectivity index (χ1) is 9.69. The van der Waals surface area contributed by atoms with Crippen molar-refractivity contribution in [1.82, 2.24) is 0 Å². The van der Waals surface area contributed by atoms with Gasteiger partial charge >= 0.3 is 0 Å². The van der Waals surface area contributed by atoms with Crippen LogP contribution in [0, 0.1) is 0 Å². The minimum absolute atomic E-state index is 0.303. The van der Waals surface area contributed by atoms with Gasteiger partial charge in [0.15, 0.2) is 0 Å². The van der Waals surface area contributed by atoms with Crippen LogP contribution in [0.5, 0.6) is 0 Å². The maximum atomic E-state index is 6.02. The van der Waals surface area contributed by atoms with Gasteiger partial charge in [-0.05, 0) is 41.7 Å². The van der Waals surface area contributed by atoms with Crippen LogP contribution in [0.25, 0.3) is 0 Å². The highest BCUT2D eigenvalue weighted by molar-refractivity contribution is 9.09. The van der Waals surface area contributed by atoms with Crippen molar-refractivity contribution in [2.75, 3.05) is 13.7 Å². The van der Waals surface area contributed by atoms with E-state index in [1.165, 1.54) is 16.7 Å². The predicted octanol–water partition coefficient (Wildman–Crippen LogP) is 5.21. The van der Waals surface area contributed by atoms with E-state index in [0.717, 1.165) is 24.5 Å². The molecule has 2 rings (SSSR count). The van der Waals surface area contributed by atoms with Crippen LogP contribution in [0.1, 0.15) is 21.5 Å². The standard InChI is InChI=1S/C17H18BrClO/c1-20-10-9-13-5-7-15(8-6-13)17(18)12-14-3-2-4-16(19)11-14/h2-8,11,17H,9-10,12H2,1H3. The molecule has 0 aliphatic heterocycles. The van der Waals surface area contributed by atoms with Gasteiger partial charge in [-0.2, -0.15) is 0 Å². The summed E-state index contributed by atoms with van der Waals surface area (Å²) in [7, 11) is 1.73. The van der Waals surface area contributed by atoms with Crippen molar-refractivity contribution < 1.29 is 4.74 Å². The molecule has 0 bridgehead atoms. The zero-order chi connectivity index (χ0) is 14.4. The van der Waals surface area contributed by atoms with Gasteiger partial charge in [-0.15, -0.1) is 0 Å². The SMILES string of the molecule is COCCc1ccc(C(Br)Cc2cccc(Cl)c2)cc1. The fourth-order valence-electron chi connectivity index (χ4n) is 2.10. The Bertz CT molecular complexity index is 539. The van der Waals surface area contributed by atoms with E-state index in [2.05, 4.69) is 46.3 Å². The van der Waals surface area contributed by atoms with Crippen molar-refractivity contribution in [1.29, 1.82) is 0 Å². The monoisotopic (exact) mass is 352 g/mol. The van der Waals surface area contributed by atoms with Gasteiger partial charge in [0, 0.05) is 17.0 Å². The Morgan fingerprint density at radius 1 is 1.10 bits per heavy atom. The summed E-state index contributed by atoms with van der Waals surface area (Å²) in [5.74, 6) is 0. The molecule has 0 amide bonds. The van der Waals surface area contributed by atoms with Gasteiger partial charge in [0.2, 0.25) is 0 Å². The molecule has 0 aliphatic carbocycles. The van der Waals surface area contributed by atoms with E-state index in [4.69, 9.17) is 16.3 Å². The lowest BCUT2D eigenvalue weighted by atomic mass is 10.0. The molecule has 0 saturated carbocycles. The summed E-state index contributed by atoms with van der Waals surface area (Å²) in [6, 6.07) is 16.7. The minimum atomic E-state index is 0.303. The lowest BCUT2D eigenvalue weighted by Gasteiger charge is -2.11. The van der Waals surface area contributed by atoms with Gasteiger partial charge in [0.05, 0.1) is 6.61 Å². The molecule has 1 nitrogen and oxygen atoms in total. The Labute approximate surface area is 134 Å². The zero-order valence-electron chi connectivity index (χ0n) is 11.5. The number of hydrogen-bond acceptors (Lipinski definition) is 1. The Kier molecular flexibility index (Phi) is 6.08. The van der Waals surface area contributed by atoms with Crippen LogP contribution in [0.4, 0.5) is 0 Å². The number of ether oxygens (including phenoxy) is 1. The Hall–Kier alpha value is -0.830. The molecule has 0 spiro atoms. The molecule has 1 atom stereocenters. The summed E-state index contributed by atoms with van der Waals surface area (Å²) in [4.78, 5) is 0.303. The molecule has 0 aliphatic rings. The summed E-state index contributed by atoms with van der Waals surface area (Å²) < 4.78 is 5.09. The molecule has 0 saturated heterocycles. The highest BCUT2D eigenvalue weighted by Crippen LogP contribution is 2.28. The molecule has 20 heavy (non-hydrogen) atoms. The third-order valence-corrected chi connectivity index (χ3v) is 4.33. The number of alkyl halides is 1. The number of methoxy groups -OCH3 is 1. The average molecular weight is 354 g/mol. The molecular formula is C17H18BrClO. The largest absolute Gasteiger partial charge is 0.384 e. The highest BCUT2D eigenvalue weighted by atomic mass is 79.9. The Morgan fingerprint density at radius 3 is 2.50 bits per heavy atom. The van der Waals surface area contributed by atoms with Gasteiger partial charge < -0.3 is 4.74 Å². The smallest absolute Gasteiger partial charge is 0.0502 e. The van der Waals surface area contributed by atoms with Gasteiger partial charge in [0.1, 0.15) is 0 Å². The van der Waals surface area contributed by atoms with E-state index in [9.17, 15) is 0 Å². The normalized spacial score (nSPS) is 12.3. The lowest BCUT2D eigenvalue weighted by molar-refractivity contribution is 0.202. The van der Waals surface area contributed by atoms with Crippen molar-refractivity contribution in [3.05, 3.63) is 70.2 Å². The van der Waals surface area contributed by atoms with E-state index in [0.29, 0.717) is 4.83 Å². The lowest BCUT2D eigenvalue weighted by Crippen LogP contribution is -1.97. The molecule has 2 aromatic carbocycles. The summed E-state index contributed by atoms with van der Waals surface area (Å²) in [6.45, 7) is 0.763. The van der Waals surface area contributed by atoms with E-state index in [1.54, 1.807) is 7.11 Å². The van der Waals surface area contributed by atoms with Crippen LogP contribution in [-0.2, 0) is 17.6 Å². The van der Waals surface area contributed by atoms with Crippen molar-refractivity contribution in [2.24, 2.45) is 0 Å². The predicted molar refractivity (Wildman–Crippen MR) is 88.8 cm³/mol. The van der Waals surface area contributed by atoms with E-state index in [1.807, 2.05) is 18.2 Å². The fraction of sp³-hybridized carbons (Fsp3) is 0.294. The molecule has 0 N–H and O–H groups in total. The highest BCUT2D eigenvalue weighted by Gasteiger charge is 2.08. The van der Waals surface area contributed by atoms with Crippen molar-refractivity contribution in [3.8, 4) is 0 Å². The summed E-state index contributed by atoms with van der Waals surface area (Å²) >= 11 is 9.77. The molecule has 106 valence electrons. The Morgan fingerprint density at radius 2 is 1.85 bits per heavy atom. The second-order valence-corrected chi connectivity index (χ2v) is 6.33. The van der Waals surface area contributed by atoms with Gasteiger partial charge in [-0.25, -0.2) is 0 Å². The van der Waals surface area contributed by atoms with Gasteiger partial charge in [-0.3, -0.25) is 0 Å². The molecule has 1 unspecified atom stereocenters. The molecule has 2 aromatic rings. The number of benzene rings is 2. The zero-order valence-corrected chi connectivity index (χ0v) is 13.8. The summed E-state index contributed by atoms with van der Waals surface area (Å²) in [5.41, 5.74) is 3.83. The van der Waals surface area contributed by atoms with Crippen molar-refractivity contribution in [2.45, 2.75) is 17.7 Å². The number of rotatable bonds is 6. The van der Waals surface area contributed by atoms with Crippen molar-refractivity contribution >= 4 is 27.5 Å². The molecule has 0 heterocycles. The van der Waals surface area contributed by atoms with Crippen LogP contribution in [0.15, 0.2) is 48.5 Å². The van der Waals surface area contributed by atoms with Crippen LogP contribution in [-0.4, -0.2) is 13.7 Å². The van der Waals surface area contributed by atoms with Crippen molar-refractivity contribution in [3.63, 3.8) is 0 Å². The third-order valence-electron chi connectivity index (χ3n) is 3.24. The summed E-state index contributed by atoms with van der Waals surface area (Å²) in [6.07, 6.45) is 1.88. The maximum Gasteiger partial charge on any atom is 0.0502 e. The third kappa shape index (κ3) is 4.62. The number of hydrogen-bond donors (Lipinski definition) is 0. The molecule has 3 heteroatoms. The van der Waals surface area contributed by atoms with E-state index < -0.39 is 0 Å². The van der Waals surface area contributed by atoms with Crippen LogP contribution >= 0.6 is 27.5 Å². The molecule has 0 radical (unpaired) electrons. The minimum Gasteiger partial charge on any atom is -0.384 e. The van der Waals surface area contributed by atoms with Crippen LogP contribution in [0.2, 0.25) is 5.02 Å². The van der Waals surface area contributed by atoms with E-state index in [-0.39, 0.29) is 0 Å². The van der Waals surface area contributed by atoms with Gasteiger partial charge in [0.25, 0.3) is 0 Å². The molecular weight excluding hydrogens is 336 g/mol. The topological polar surface area (TPSA) is 9.23 Å². The Balaban J connectivity index is 2.00. The second kappa shape index (κ2) is 7.82. The first-order valence-corrected chi connectivity index (χ1v) is 7.94. The average Bonchev–Trinajstić information content (AvgIpc) is 2.45. The first-order valence-electron chi connectivity index (χ1n) is 6.65. The molecule has 0 aromatic heterocycles. The number of halogens is 2. The second-order valence-electron chi connectivity index (χ2n) is 4.79.